The van der Waals surface area contributed by atoms with E-state index in [0.717, 1.165) is 22.0 Å². The van der Waals surface area contributed by atoms with E-state index in [9.17, 15) is 9.59 Å². The molecule has 0 aliphatic heterocycles. The van der Waals surface area contributed by atoms with Crippen molar-refractivity contribution in [1.29, 1.82) is 0 Å². The Morgan fingerprint density at radius 2 is 1.75 bits per heavy atom. The molecule has 0 aliphatic rings. The van der Waals surface area contributed by atoms with E-state index in [1.807, 2.05) is 61.5 Å². The van der Waals surface area contributed by atoms with Gasteiger partial charge in [0.25, 0.3) is 0 Å². The Labute approximate surface area is 169 Å². The van der Waals surface area contributed by atoms with E-state index in [2.05, 4.69) is 10.6 Å². The summed E-state index contributed by atoms with van der Waals surface area (Å²) in [5.74, 6) is -0.260. The van der Waals surface area contributed by atoms with Crippen LogP contribution in [0.4, 0.5) is 10.5 Å². The van der Waals surface area contributed by atoms with E-state index in [1.165, 1.54) is 4.90 Å². The maximum Gasteiger partial charge on any atom is 0.318 e. The molecule has 6 heteroatoms. The molecule has 0 bridgehead atoms. The second-order valence-corrected chi connectivity index (χ2v) is 7.09. The number of hydrogen-bond donors (Lipinski definition) is 2. The van der Waals surface area contributed by atoms with Gasteiger partial charge in [-0.05, 0) is 36.1 Å². The Kier molecular flexibility index (Phi) is 6.16. The number of urea groups is 1. The van der Waals surface area contributed by atoms with Gasteiger partial charge >= 0.3 is 6.03 Å². The Morgan fingerprint density at radius 1 is 1.04 bits per heavy atom. The number of benzene rings is 3. The molecule has 0 saturated carbocycles. The van der Waals surface area contributed by atoms with Gasteiger partial charge in [0.05, 0.1) is 6.04 Å². The van der Waals surface area contributed by atoms with Gasteiger partial charge in [0, 0.05) is 23.1 Å². The summed E-state index contributed by atoms with van der Waals surface area (Å²) < 4.78 is 0. The minimum Gasteiger partial charge on any atom is -0.331 e. The Balaban J connectivity index is 1.59. The predicted octanol–water partition coefficient (Wildman–Crippen LogP) is 4.83. The molecule has 2 N–H and O–H groups in total. The van der Waals surface area contributed by atoms with Crippen molar-refractivity contribution in [3.63, 3.8) is 0 Å². The minimum absolute atomic E-state index is 0.0582. The van der Waals surface area contributed by atoms with E-state index in [-0.39, 0.29) is 24.5 Å². The first kappa shape index (κ1) is 19.7. The maximum absolute atomic E-state index is 12.4. The van der Waals surface area contributed by atoms with Gasteiger partial charge in [-0.1, -0.05) is 60.1 Å². The van der Waals surface area contributed by atoms with Crippen LogP contribution in [-0.4, -0.2) is 30.4 Å². The molecule has 0 radical (unpaired) electrons. The van der Waals surface area contributed by atoms with Gasteiger partial charge in [-0.3, -0.25) is 4.79 Å². The topological polar surface area (TPSA) is 61.4 Å². The monoisotopic (exact) mass is 395 g/mol. The third kappa shape index (κ3) is 4.81. The van der Waals surface area contributed by atoms with E-state index >= 15 is 0 Å². The van der Waals surface area contributed by atoms with Crippen LogP contribution in [-0.2, 0) is 4.79 Å². The molecule has 3 rings (SSSR count). The average Bonchev–Trinajstić information content (AvgIpc) is 2.68. The molecule has 0 spiro atoms. The first-order valence-corrected chi connectivity index (χ1v) is 9.36. The van der Waals surface area contributed by atoms with Crippen LogP contribution in [0.5, 0.6) is 0 Å². The van der Waals surface area contributed by atoms with Crippen LogP contribution in [0, 0.1) is 0 Å². The number of carbonyl (C=O) groups excluding carboxylic acids is 2. The summed E-state index contributed by atoms with van der Waals surface area (Å²) in [6, 6.07) is 20.3. The summed E-state index contributed by atoms with van der Waals surface area (Å²) in [6.45, 7) is 1.81. The number of amides is 3. The van der Waals surface area contributed by atoms with Crippen molar-refractivity contribution < 1.29 is 9.59 Å². The molecular formula is C22H22ClN3O2. The summed E-state index contributed by atoms with van der Waals surface area (Å²) in [4.78, 5) is 26.2. The molecule has 0 unspecified atom stereocenters. The van der Waals surface area contributed by atoms with Crippen molar-refractivity contribution in [3.8, 4) is 0 Å². The number of nitrogens with zero attached hydrogens (tertiary/aromatic N) is 1. The van der Waals surface area contributed by atoms with Crippen LogP contribution in [0.2, 0.25) is 5.02 Å². The van der Waals surface area contributed by atoms with Crippen LogP contribution in [0.15, 0.2) is 66.7 Å². The zero-order chi connectivity index (χ0) is 20.1. The third-order valence-electron chi connectivity index (χ3n) is 4.48. The summed E-state index contributed by atoms with van der Waals surface area (Å²) in [7, 11) is 1.59. The predicted molar refractivity (Wildman–Crippen MR) is 114 cm³/mol. The van der Waals surface area contributed by atoms with Gasteiger partial charge in [0.2, 0.25) is 5.91 Å². The normalized spacial score (nSPS) is 11.7. The van der Waals surface area contributed by atoms with Crippen LogP contribution >= 0.6 is 11.6 Å². The molecule has 0 aliphatic carbocycles. The second-order valence-electron chi connectivity index (χ2n) is 6.66. The van der Waals surface area contributed by atoms with E-state index < -0.39 is 0 Å². The fourth-order valence-electron chi connectivity index (χ4n) is 2.97. The Bertz CT molecular complexity index is 1000. The molecule has 0 saturated heterocycles. The number of likely N-dealkylation sites (N-methyl/N-ethyl adjacent to an activating group) is 1. The number of anilines is 1. The number of hydrogen-bond acceptors (Lipinski definition) is 2. The molecule has 144 valence electrons. The molecule has 3 amide bonds. The molecule has 3 aromatic carbocycles. The van der Waals surface area contributed by atoms with E-state index in [0.29, 0.717) is 5.02 Å². The van der Waals surface area contributed by atoms with Gasteiger partial charge in [-0.2, -0.15) is 0 Å². The van der Waals surface area contributed by atoms with Gasteiger partial charge in [0.15, 0.2) is 0 Å². The summed E-state index contributed by atoms with van der Waals surface area (Å²) >= 11 is 6.00. The number of carbonyl (C=O) groups is 2. The Hall–Kier alpha value is -3.05. The van der Waals surface area contributed by atoms with Gasteiger partial charge in [0.1, 0.15) is 6.54 Å². The third-order valence-corrected chi connectivity index (χ3v) is 4.71. The molecule has 1 atom stereocenters. The van der Waals surface area contributed by atoms with Crippen LogP contribution in [0.1, 0.15) is 18.5 Å². The fourth-order valence-corrected chi connectivity index (χ4v) is 3.16. The van der Waals surface area contributed by atoms with Crippen molar-refractivity contribution >= 4 is 40.0 Å². The van der Waals surface area contributed by atoms with Crippen molar-refractivity contribution in [2.45, 2.75) is 13.0 Å². The van der Waals surface area contributed by atoms with Crippen molar-refractivity contribution in [3.05, 3.63) is 77.3 Å². The maximum atomic E-state index is 12.4. The first-order valence-electron chi connectivity index (χ1n) is 8.99. The molecule has 3 aromatic rings. The summed E-state index contributed by atoms with van der Waals surface area (Å²) in [6.07, 6.45) is 0. The van der Waals surface area contributed by atoms with Crippen molar-refractivity contribution in [2.75, 3.05) is 18.9 Å². The lowest BCUT2D eigenvalue weighted by Crippen LogP contribution is -2.42. The Morgan fingerprint density at radius 3 is 2.54 bits per heavy atom. The SMILES string of the molecule is C[C@H](NC(=O)N(C)CC(=O)Nc1cccc2ccccc12)c1cccc(Cl)c1. The average molecular weight is 396 g/mol. The highest BCUT2D eigenvalue weighted by molar-refractivity contribution is 6.30. The second kappa shape index (κ2) is 8.76. The van der Waals surface area contributed by atoms with Crippen molar-refractivity contribution in [2.24, 2.45) is 0 Å². The lowest BCUT2D eigenvalue weighted by molar-refractivity contribution is -0.116. The largest absolute Gasteiger partial charge is 0.331 e. The molecule has 28 heavy (non-hydrogen) atoms. The molecule has 5 nitrogen and oxygen atoms in total. The number of fused-ring (bicyclic) bond motifs is 1. The fraction of sp³-hybridized carbons (Fsp3) is 0.182. The van der Waals surface area contributed by atoms with Crippen LogP contribution in [0.25, 0.3) is 10.8 Å². The van der Waals surface area contributed by atoms with Gasteiger partial charge in [-0.25, -0.2) is 4.79 Å². The summed E-state index contributed by atoms with van der Waals surface area (Å²) in [5.41, 5.74) is 1.62. The van der Waals surface area contributed by atoms with Crippen LogP contribution < -0.4 is 10.6 Å². The first-order chi connectivity index (χ1) is 13.4. The number of nitrogens with one attached hydrogen (secondary N) is 2. The zero-order valence-electron chi connectivity index (χ0n) is 15.8. The van der Waals surface area contributed by atoms with Crippen molar-refractivity contribution in [1.82, 2.24) is 10.2 Å². The zero-order valence-corrected chi connectivity index (χ0v) is 16.5. The minimum atomic E-state index is -0.333. The van der Waals surface area contributed by atoms with Gasteiger partial charge < -0.3 is 15.5 Å². The molecular weight excluding hydrogens is 374 g/mol. The lowest BCUT2D eigenvalue weighted by Gasteiger charge is -2.21. The quantitative estimate of drug-likeness (QED) is 0.649. The van der Waals surface area contributed by atoms with E-state index in [1.54, 1.807) is 19.2 Å². The highest BCUT2D eigenvalue weighted by atomic mass is 35.5. The summed E-state index contributed by atoms with van der Waals surface area (Å²) in [5, 5.41) is 8.37. The number of rotatable bonds is 5. The molecule has 0 heterocycles. The smallest absolute Gasteiger partial charge is 0.318 e. The van der Waals surface area contributed by atoms with Gasteiger partial charge in [-0.15, -0.1) is 0 Å². The number of halogens is 1. The van der Waals surface area contributed by atoms with E-state index in [4.69, 9.17) is 11.6 Å². The standard InChI is InChI=1S/C22H22ClN3O2/c1-15(17-9-5-10-18(23)13-17)24-22(28)26(2)14-21(27)25-20-12-6-8-16-7-3-4-11-19(16)20/h3-13,15H,14H2,1-2H3,(H,24,28)(H,25,27)/t15-/m0/s1. The molecule has 0 fully saturated rings. The lowest BCUT2D eigenvalue weighted by atomic mass is 10.1. The highest BCUT2D eigenvalue weighted by Crippen LogP contribution is 2.23. The highest BCUT2D eigenvalue weighted by Gasteiger charge is 2.16. The molecule has 0 aromatic heterocycles. The van der Waals surface area contributed by atoms with Crippen LogP contribution in [0.3, 0.4) is 0 Å².